The summed E-state index contributed by atoms with van der Waals surface area (Å²) in [4.78, 5) is 0. The lowest BCUT2D eigenvalue weighted by atomic mass is 9.94. The molecule has 4 rings (SSSR count). The molecule has 0 unspecified atom stereocenters. The van der Waals surface area contributed by atoms with Crippen LogP contribution in [0, 0.1) is 0 Å². The molecule has 0 amide bonds. The van der Waals surface area contributed by atoms with Gasteiger partial charge in [0.1, 0.15) is 0 Å². The smallest absolute Gasteiger partial charge is 0.0314 e. The van der Waals surface area contributed by atoms with Gasteiger partial charge in [0.25, 0.3) is 0 Å². The van der Waals surface area contributed by atoms with Gasteiger partial charge in [-0.05, 0) is 120 Å². The largest absolute Gasteiger partial charge is 0.399 e. The van der Waals surface area contributed by atoms with Crippen molar-refractivity contribution in [1.29, 1.82) is 0 Å². The number of unbranched alkanes of at least 4 members (excludes halogenated alkanes) is 6. The Morgan fingerprint density at radius 2 is 0.732 bits per heavy atom. The molecule has 0 bridgehead atoms. The van der Waals surface area contributed by atoms with Gasteiger partial charge in [-0.25, -0.2) is 0 Å². The second kappa shape index (κ2) is 16.1. The summed E-state index contributed by atoms with van der Waals surface area (Å²) < 4.78 is 0. The molecule has 0 aromatic heterocycles. The molecule has 41 heavy (non-hydrogen) atoms. The molecule has 0 aliphatic heterocycles. The fourth-order valence-corrected chi connectivity index (χ4v) is 5.93. The topological polar surface area (TPSA) is 52.0 Å². The molecule has 0 aliphatic carbocycles. The summed E-state index contributed by atoms with van der Waals surface area (Å²) in [6.45, 7) is 4.54. The first-order valence-electron chi connectivity index (χ1n) is 15.9. The van der Waals surface area contributed by atoms with Crippen LogP contribution >= 0.6 is 0 Å². The highest BCUT2D eigenvalue weighted by atomic mass is 14.5. The van der Waals surface area contributed by atoms with Crippen LogP contribution in [0.15, 0.2) is 84.9 Å². The van der Waals surface area contributed by atoms with Gasteiger partial charge in [0.05, 0.1) is 0 Å². The second-order valence-electron chi connectivity index (χ2n) is 11.7. The van der Waals surface area contributed by atoms with Crippen molar-refractivity contribution < 1.29 is 0 Å². The van der Waals surface area contributed by atoms with Crippen molar-refractivity contribution in [3.63, 3.8) is 0 Å². The van der Waals surface area contributed by atoms with E-state index in [1.165, 1.54) is 102 Å². The molecule has 4 aromatic rings. The predicted molar refractivity (Wildman–Crippen MR) is 179 cm³/mol. The minimum atomic E-state index is 0.832. The predicted octanol–water partition coefficient (Wildman–Crippen LogP) is 9.67. The third kappa shape index (κ3) is 9.81. The van der Waals surface area contributed by atoms with Crippen LogP contribution in [0.1, 0.15) is 103 Å². The molecule has 0 saturated heterocycles. The summed E-state index contributed by atoms with van der Waals surface area (Å²) >= 11 is 0. The SMILES string of the molecule is CCc1cc(CCCCCCCCCc2ccc(Cc3ccc(N)cc3)c(CC)c2)ccc1Cc1ccc(N)cc1. The standard InChI is InChI=1S/C39H50N2/c1-3-34-26-30(14-20-36(34)28-32-16-22-38(40)23-17-32)12-10-8-6-5-7-9-11-13-31-15-21-37(35(4-2)27-31)29-33-18-24-39(41)25-19-33/h14-27H,3-13,28-29,40-41H2,1-2H3. The summed E-state index contributed by atoms with van der Waals surface area (Å²) in [5.41, 5.74) is 24.9. The zero-order valence-electron chi connectivity index (χ0n) is 25.4. The van der Waals surface area contributed by atoms with Crippen LogP contribution < -0.4 is 11.5 Å². The number of hydrogen-bond donors (Lipinski definition) is 2. The molecule has 2 nitrogen and oxygen atoms in total. The van der Waals surface area contributed by atoms with E-state index >= 15 is 0 Å². The molecule has 0 aliphatic rings. The summed E-state index contributed by atoms with van der Waals surface area (Å²) in [6.07, 6.45) is 15.9. The van der Waals surface area contributed by atoms with Gasteiger partial charge in [-0.3, -0.25) is 0 Å². The number of rotatable bonds is 16. The summed E-state index contributed by atoms with van der Waals surface area (Å²) in [5, 5.41) is 0. The van der Waals surface area contributed by atoms with E-state index in [2.05, 4.69) is 74.5 Å². The highest BCUT2D eigenvalue weighted by Gasteiger charge is 2.06. The third-order valence-corrected chi connectivity index (χ3v) is 8.48. The normalized spacial score (nSPS) is 11.2. The van der Waals surface area contributed by atoms with E-state index < -0.39 is 0 Å². The first-order valence-corrected chi connectivity index (χ1v) is 15.9. The zero-order valence-corrected chi connectivity index (χ0v) is 25.4. The van der Waals surface area contributed by atoms with Crippen molar-refractivity contribution >= 4 is 11.4 Å². The van der Waals surface area contributed by atoms with E-state index in [0.29, 0.717) is 0 Å². The summed E-state index contributed by atoms with van der Waals surface area (Å²) in [6, 6.07) is 30.9. The quantitative estimate of drug-likeness (QED) is 0.109. The van der Waals surface area contributed by atoms with Crippen molar-refractivity contribution in [2.45, 2.75) is 97.3 Å². The van der Waals surface area contributed by atoms with E-state index in [4.69, 9.17) is 11.5 Å². The maximum absolute atomic E-state index is 5.85. The van der Waals surface area contributed by atoms with Gasteiger partial charge >= 0.3 is 0 Å². The van der Waals surface area contributed by atoms with E-state index in [9.17, 15) is 0 Å². The first kappa shape index (κ1) is 30.4. The monoisotopic (exact) mass is 546 g/mol. The maximum Gasteiger partial charge on any atom is 0.0314 e. The van der Waals surface area contributed by atoms with Gasteiger partial charge in [-0.15, -0.1) is 0 Å². The van der Waals surface area contributed by atoms with Crippen LogP contribution in [-0.2, 0) is 38.5 Å². The van der Waals surface area contributed by atoms with Gasteiger partial charge in [0.15, 0.2) is 0 Å². The minimum absolute atomic E-state index is 0.832. The number of anilines is 2. The molecule has 0 atom stereocenters. The maximum atomic E-state index is 5.85. The molecule has 0 radical (unpaired) electrons. The average molecular weight is 547 g/mol. The summed E-state index contributed by atoms with van der Waals surface area (Å²) in [5.74, 6) is 0. The Bertz CT molecular complexity index is 1230. The molecule has 0 saturated carbocycles. The first-order chi connectivity index (χ1) is 20.0. The molecule has 4 N–H and O–H groups in total. The Labute approximate surface area is 249 Å². The second-order valence-corrected chi connectivity index (χ2v) is 11.7. The van der Waals surface area contributed by atoms with Crippen LogP contribution in [-0.4, -0.2) is 0 Å². The highest BCUT2D eigenvalue weighted by Crippen LogP contribution is 2.22. The fraction of sp³-hybridized carbons (Fsp3) is 0.385. The molecule has 4 aromatic carbocycles. The van der Waals surface area contributed by atoms with Crippen LogP contribution in [0.25, 0.3) is 0 Å². The Kier molecular flexibility index (Phi) is 11.9. The average Bonchev–Trinajstić information content (AvgIpc) is 2.99. The lowest BCUT2D eigenvalue weighted by Gasteiger charge is -2.12. The summed E-state index contributed by atoms with van der Waals surface area (Å²) in [7, 11) is 0. The Morgan fingerprint density at radius 3 is 1.10 bits per heavy atom. The van der Waals surface area contributed by atoms with Crippen LogP contribution in [0.2, 0.25) is 0 Å². The van der Waals surface area contributed by atoms with E-state index in [0.717, 1.165) is 37.1 Å². The highest BCUT2D eigenvalue weighted by molar-refractivity contribution is 5.43. The number of hydrogen-bond acceptors (Lipinski definition) is 2. The molecular weight excluding hydrogens is 496 g/mol. The Hall–Kier alpha value is -3.52. The van der Waals surface area contributed by atoms with Crippen molar-refractivity contribution in [3.8, 4) is 0 Å². The van der Waals surface area contributed by atoms with Crippen molar-refractivity contribution in [3.05, 3.63) is 129 Å². The Morgan fingerprint density at radius 1 is 0.390 bits per heavy atom. The van der Waals surface area contributed by atoms with E-state index in [-0.39, 0.29) is 0 Å². The van der Waals surface area contributed by atoms with Crippen LogP contribution in [0.5, 0.6) is 0 Å². The molecule has 0 spiro atoms. The molecule has 216 valence electrons. The molecule has 0 fully saturated rings. The van der Waals surface area contributed by atoms with Crippen LogP contribution in [0.3, 0.4) is 0 Å². The van der Waals surface area contributed by atoms with Gasteiger partial charge in [-0.2, -0.15) is 0 Å². The number of nitrogen functional groups attached to an aromatic ring is 2. The van der Waals surface area contributed by atoms with E-state index in [1.807, 2.05) is 24.3 Å². The molecule has 0 heterocycles. The third-order valence-electron chi connectivity index (χ3n) is 8.48. The van der Waals surface area contributed by atoms with Gasteiger partial charge in [0.2, 0.25) is 0 Å². The van der Waals surface area contributed by atoms with Crippen molar-refractivity contribution in [1.82, 2.24) is 0 Å². The number of benzene rings is 4. The number of aryl methyl sites for hydroxylation is 4. The van der Waals surface area contributed by atoms with Gasteiger partial charge in [0, 0.05) is 11.4 Å². The lowest BCUT2D eigenvalue weighted by molar-refractivity contribution is 0.579. The van der Waals surface area contributed by atoms with Crippen molar-refractivity contribution in [2.75, 3.05) is 11.5 Å². The zero-order chi connectivity index (χ0) is 28.9. The van der Waals surface area contributed by atoms with Crippen molar-refractivity contribution in [2.24, 2.45) is 0 Å². The van der Waals surface area contributed by atoms with Crippen LogP contribution in [0.4, 0.5) is 11.4 Å². The molecular formula is C39H50N2. The molecule has 2 heteroatoms. The Balaban J connectivity index is 1.11. The lowest BCUT2D eigenvalue weighted by Crippen LogP contribution is -1.98. The number of nitrogens with two attached hydrogens (primary N) is 2. The van der Waals surface area contributed by atoms with Gasteiger partial charge in [-0.1, -0.05) is 107 Å². The van der Waals surface area contributed by atoms with E-state index in [1.54, 1.807) is 0 Å². The fourth-order valence-electron chi connectivity index (χ4n) is 5.93. The minimum Gasteiger partial charge on any atom is -0.399 e. The van der Waals surface area contributed by atoms with Gasteiger partial charge < -0.3 is 11.5 Å².